The quantitative estimate of drug-likeness (QED) is 0.636. The number of hydrogen-bond donors (Lipinski definition) is 1. The van der Waals surface area contributed by atoms with E-state index >= 15 is 0 Å². The molecule has 1 saturated heterocycles. The van der Waals surface area contributed by atoms with Crippen molar-refractivity contribution in [3.63, 3.8) is 0 Å². The van der Waals surface area contributed by atoms with Crippen LogP contribution >= 0.6 is 0 Å². The molecule has 0 aromatic heterocycles. The van der Waals surface area contributed by atoms with Gasteiger partial charge in [-0.05, 0) is 19.4 Å². The average molecular weight is 171 g/mol. The summed E-state index contributed by atoms with van der Waals surface area (Å²) >= 11 is 0. The lowest BCUT2D eigenvalue weighted by molar-refractivity contribution is -0.187. The van der Waals surface area contributed by atoms with E-state index in [1.807, 2.05) is 7.05 Å². The molecule has 3 heteroatoms. The molecule has 1 fully saturated rings. The Morgan fingerprint density at radius 3 is 2.58 bits per heavy atom. The molecule has 1 unspecified atom stereocenters. The monoisotopic (exact) mass is 171 g/mol. The van der Waals surface area contributed by atoms with Gasteiger partial charge in [0.05, 0.1) is 0 Å². The number of cyclic esters (lactones) is 1. The minimum Gasteiger partial charge on any atom is -0.464 e. The minimum absolute atomic E-state index is 0.0365. The number of esters is 1. The van der Waals surface area contributed by atoms with Crippen LogP contribution in [0.5, 0.6) is 0 Å². The maximum atomic E-state index is 11.2. The zero-order chi connectivity index (χ0) is 9.19. The Morgan fingerprint density at radius 2 is 2.33 bits per heavy atom. The van der Waals surface area contributed by atoms with E-state index in [2.05, 4.69) is 19.2 Å². The van der Waals surface area contributed by atoms with Crippen LogP contribution in [0.1, 0.15) is 20.3 Å². The highest BCUT2D eigenvalue weighted by Gasteiger charge is 2.48. The van der Waals surface area contributed by atoms with Crippen molar-refractivity contribution in [2.45, 2.75) is 20.3 Å². The molecule has 0 aromatic carbocycles. The molecule has 1 rings (SSSR count). The van der Waals surface area contributed by atoms with Gasteiger partial charge in [0.25, 0.3) is 0 Å². The summed E-state index contributed by atoms with van der Waals surface area (Å²) in [5, 5.41) is 3.05. The summed E-state index contributed by atoms with van der Waals surface area (Å²) in [7, 11) is 1.87. The Balaban J connectivity index is 2.54. The zero-order valence-electron chi connectivity index (χ0n) is 8.02. The Kier molecular flexibility index (Phi) is 2.73. The summed E-state index contributed by atoms with van der Waals surface area (Å²) in [4.78, 5) is 11.2. The molecule has 0 aliphatic carbocycles. The molecule has 70 valence electrons. The largest absolute Gasteiger partial charge is 0.464 e. The summed E-state index contributed by atoms with van der Waals surface area (Å²) in [5.41, 5.74) is -0.219. The van der Waals surface area contributed by atoms with Gasteiger partial charge in [-0.3, -0.25) is 4.79 Å². The SMILES string of the molecule is CNCC1(CC(C)C)COC1=O. The molecule has 1 aliphatic heterocycles. The third kappa shape index (κ3) is 1.61. The Labute approximate surface area is 73.5 Å². The number of hydrogen-bond acceptors (Lipinski definition) is 3. The molecule has 0 amide bonds. The summed E-state index contributed by atoms with van der Waals surface area (Å²) < 4.78 is 4.82. The highest BCUT2D eigenvalue weighted by atomic mass is 16.6. The fourth-order valence-corrected chi connectivity index (χ4v) is 1.79. The number of carbonyl (C=O) groups excluding carboxylic acids is 1. The molecule has 0 radical (unpaired) electrons. The van der Waals surface area contributed by atoms with Gasteiger partial charge in [-0.1, -0.05) is 13.8 Å². The predicted octanol–water partition coefficient (Wildman–Crippen LogP) is 0.795. The van der Waals surface area contributed by atoms with E-state index in [1.165, 1.54) is 0 Å². The maximum absolute atomic E-state index is 11.2. The predicted molar refractivity (Wildman–Crippen MR) is 46.8 cm³/mol. The smallest absolute Gasteiger partial charge is 0.316 e. The first-order chi connectivity index (χ1) is 5.60. The molecule has 1 N–H and O–H groups in total. The van der Waals surface area contributed by atoms with Gasteiger partial charge in [0.1, 0.15) is 12.0 Å². The van der Waals surface area contributed by atoms with Crippen molar-refractivity contribution < 1.29 is 9.53 Å². The lowest BCUT2D eigenvalue weighted by atomic mass is 9.77. The summed E-state index contributed by atoms with van der Waals surface area (Å²) in [5.74, 6) is 0.511. The molecular weight excluding hydrogens is 154 g/mol. The summed E-state index contributed by atoms with van der Waals surface area (Å²) in [6.45, 7) is 5.58. The Morgan fingerprint density at radius 1 is 1.67 bits per heavy atom. The molecule has 1 atom stereocenters. The van der Waals surface area contributed by atoms with Crippen molar-refractivity contribution in [3.8, 4) is 0 Å². The van der Waals surface area contributed by atoms with Crippen LogP contribution < -0.4 is 5.32 Å². The molecule has 0 aromatic rings. The number of rotatable bonds is 4. The maximum Gasteiger partial charge on any atom is 0.316 e. The first kappa shape index (κ1) is 9.52. The molecular formula is C9H17NO2. The van der Waals surface area contributed by atoms with Gasteiger partial charge >= 0.3 is 5.97 Å². The lowest BCUT2D eigenvalue weighted by Crippen LogP contribution is -2.54. The van der Waals surface area contributed by atoms with Gasteiger partial charge in [-0.2, -0.15) is 0 Å². The fraction of sp³-hybridized carbons (Fsp3) is 0.889. The van der Waals surface area contributed by atoms with Gasteiger partial charge in [0.2, 0.25) is 0 Å². The van der Waals surface area contributed by atoms with Crippen LogP contribution in [0.3, 0.4) is 0 Å². The van der Waals surface area contributed by atoms with E-state index in [-0.39, 0.29) is 11.4 Å². The first-order valence-electron chi connectivity index (χ1n) is 4.42. The molecule has 12 heavy (non-hydrogen) atoms. The first-order valence-corrected chi connectivity index (χ1v) is 4.42. The second kappa shape index (κ2) is 3.44. The number of carbonyl (C=O) groups is 1. The van der Waals surface area contributed by atoms with Crippen LogP contribution in [0, 0.1) is 11.3 Å². The molecule has 0 spiro atoms. The van der Waals surface area contributed by atoms with Crippen molar-refractivity contribution in [1.82, 2.24) is 5.32 Å². The van der Waals surface area contributed by atoms with Crippen LogP contribution in [0.25, 0.3) is 0 Å². The lowest BCUT2D eigenvalue weighted by Gasteiger charge is -2.40. The van der Waals surface area contributed by atoms with E-state index in [9.17, 15) is 4.79 Å². The van der Waals surface area contributed by atoms with Gasteiger partial charge in [-0.15, -0.1) is 0 Å². The van der Waals surface area contributed by atoms with Crippen LogP contribution in [0.2, 0.25) is 0 Å². The molecule has 0 bridgehead atoms. The van der Waals surface area contributed by atoms with Gasteiger partial charge < -0.3 is 10.1 Å². The van der Waals surface area contributed by atoms with Crippen LogP contribution in [-0.4, -0.2) is 26.2 Å². The standard InChI is InChI=1S/C9H17NO2/c1-7(2)4-9(5-10-3)6-12-8(9)11/h7,10H,4-6H2,1-3H3. The highest BCUT2D eigenvalue weighted by molar-refractivity contribution is 5.82. The van der Waals surface area contributed by atoms with E-state index < -0.39 is 0 Å². The Hall–Kier alpha value is -0.570. The summed E-state index contributed by atoms with van der Waals surface area (Å²) in [6, 6.07) is 0. The van der Waals surface area contributed by atoms with Crippen molar-refractivity contribution in [1.29, 1.82) is 0 Å². The topological polar surface area (TPSA) is 38.3 Å². The molecule has 1 heterocycles. The minimum atomic E-state index is -0.219. The van der Waals surface area contributed by atoms with E-state index in [0.717, 1.165) is 13.0 Å². The van der Waals surface area contributed by atoms with Crippen molar-refractivity contribution >= 4 is 5.97 Å². The van der Waals surface area contributed by atoms with Crippen molar-refractivity contribution in [2.24, 2.45) is 11.3 Å². The molecule has 3 nitrogen and oxygen atoms in total. The summed E-state index contributed by atoms with van der Waals surface area (Å²) in [6.07, 6.45) is 0.923. The fourth-order valence-electron chi connectivity index (χ4n) is 1.79. The second-order valence-electron chi connectivity index (χ2n) is 3.98. The highest BCUT2D eigenvalue weighted by Crippen LogP contribution is 2.35. The van der Waals surface area contributed by atoms with Gasteiger partial charge in [-0.25, -0.2) is 0 Å². The third-order valence-electron chi connectivity index (χ3n) is 2.23. The van der Waals surface area contributed by atoms with E-state index in [0.29, 0.717) is 12.5 Å². The van der Waals surface area contributed by atoms with Crippen molar-refractivity contribution in [2.75, 3.05) is 20.2 Å². The van der Waals surface area contributed by atoms with Gasteiger partial charge in [0.15, 0.2) is 0 Å². The second-order valence-corrected chi connectivity index (χ2v) is 3.98. The number of ether oxygens (including phenoxy) is 1. The van der Waals surface area contributed by atoms with E-state index in [1.54, 1.807) is 0 Å². The Bertz CT molecular complexity index is 179. The normalized spacial score (nSPS) is 28.5. The van der Waals surface area contributed by atoms with Crippen LogP contribution in [0.15, 0.2) is 0 Å². The molecule has 1 aliphatic rings. The van der Waals surface area contributed by atoms with E-state index in [4.69, 9.17) is 4.74 Å². The molecule has 0 saturated carbocycles. The van der Waals surface area contributed by atoms with Crippen LogP contribution in [0.4, 0.5) is 0 Å². The van der Waals surface area contributed by atoms with Crippen molar-refractivity contribution in [3.05, 3.63) is 0 Å². The van der Waals surface area contributed by atoms with Gasteiger partial charge in [0, 0.05) is 6.54 Å². The van der Waals surface area contributed by atoms with Crippen LogP contribution in [-0.2, 0) is 9.53 Å². The third-order valence-corrected chi connectivity index (χ3v) is 2.23. The average Bonchev–Trinajstić information content (AvgIpc) is 2.00. The number of nitrogens with one attached hydrogen (secondary N) is 1. The zero-order valence-corrected chi connectivity index (χ0v) is 8.02.